The summed E-state index contributed by atoms with van der Waals surface area (Å²) in [6.45, 7) is 1.95. The van der Waals surface area contributed by atoms with E-state index in [1.165, 1.54) is 18.3 Å². The fourth-order valence-corrected chi connectivity index (χ4v) is 3.86. The standard InChI is InChI=1S/C19H15ClN4O4S/c1-12-16-9-15(10-22-19(16)28-23-12)29(25,26)24-13-5-6-18(17(20)8-13)27-11-14-4-2-3-7-21-14/h2-10,24H,11H2,1H3. The Kier molecular flexibility index (Phi) is 5.08. The number of aryl methyl sites for hydroxylation is 1. The van der Waals surface area contributed by atoms with Crippen molar-refractivity contribution in [2.45, 2.75) is 18.4 Å². The number of hydrogen-bond donors (Lipinski definition) is 1. The van der Waals surface area contributed by atoms with Crippen LogP contribution in [0.3, 0.4) is 0 Å². The van der Waals surface area contributed by atoms with Crippen molar-refractivity contribution in [3.8, 4) is 5.75 Å². The van der Waals surface area contributed by atoms with Crippen LogP contribution >= 0.6 is 11.6 Å². The van der Waals surface area contributed by atoms with E-state index in [-0.39, 0.29) is 22.2 Å². The molecule has 0 unspecified atom stereocenters. The van der Waals surface area contributed by atoms with E-state index in [4.69, 9.17) is 20.9 Å². The number of nitrogens with zero attached hydrogens (tertiary/aromatic N) is 3. The Morgan fingerprint density at radius 2 is 2.03 bits per heavy atom. The summed E-state index contributed by atoms with van der Waals surface area (Å²) >= 11 is 6.24. The lowest BCUT2D eigenvalue weighted by Crippen LogP contribution is -2.13. The minimum absolute atomic E-state index is 0.0112. The second-order valence-electron chi connectivity index (χ2n) is 6.15. The zero-order valence-electron chi connectivity index (χ0n) is 15.2. The monoisotopic (exact) mass is 430 g/mol. The van der Waals surface area contributed by atoms with Gasteiger partial charge in [-0.15, -0.1) is 0 Å². The molecular weight excluding hydrogens is 416 g/mol. The van der Waals surface area contributed by atoms with E-state index >= 15 is 0 Å². The highest BCUT2D eigenvalue weighted by atomic mass is 35.5. The van der Waals surface area contributed by atoms with E-state index in [9.17, 15) is 8.42 Å². The average Bonchev–Trinajstić information content (AvgIpc) is 3.08. The lowest BCUT2D eigenvalue weighted by atomic mass is 10.3. The highest BCUT2D eigenvalue weighted by Gasteiger charge is 2.18. The van der Waals surface area contributed by atoms with Crippen molar-refractivity contribution in [1.29, 1.82) is 0 Å². The normalized spacial score (nSPS) is 11.5. The Labute approximate surface area is 171 Å². The average molecular weight is 431 g/mol. The van der Waals surface area contributed by atoms with Crippen molar-refractivity contribution < 1.29 is 17.7 Å². The minimum Gasteiger partial charge on any atom is -0.486 e. The molecule has 0 aliphatic carbocycles. The molecule has 3 aromatic heterocycles. The van der Waals surface area contributed by atoms with Gasteiger partial charge in [0.1, 0.15) is 17.3 Å². The van der Waals surface area contributed by atoms with Gasteiger partial charge in [0.05, 0.1) is 33.7 Å². The Balaban J connectivity index is 1.52. The Morgan fingerprint density at radius 1 is 1.17 bits per heavy atom. The molecule has 0 spiro atoms. The van der Waals surface area contributed by atoms with Gasteiger partial charge < -0.3 is 9.26 Å². The third-order valence-corrected chi connectivity index (χ3v) is 5.72. The fraction of sp³-hybridized carbons (Fsp3) is 0.105. The molecule has 3 heterocycles. The molecule has 10 heteroatoms. The number of benzene rings is 1. The summed E-state index contributed by atoms with van der Waals surface area (Å²) in [4.78, 5) is 8.15. The quantitative estimate of drug-likeness (QED) is 0.493. The van der Waals surface area contributed by atoms with Crippen LogP contribution < -0.4 is 9.46 Å². The predicted molar refractivity (Wildman–Crippen MR) is 107 cm³/mol. The smallest absolute Gasteiger partial charge is 0.263 e. The van der Waals surface area contributed by atoms with Crippen LogP contribution in [0.2, 0.25) is 5.02 Å². The van der Waals surface area contributed by atoms with Gasteiger partial charge in [0, 0.05) is 6.20 Å². The molecular formula is C19H15ClN4O4S. The van der Waals surface area contributed by atoms with Crippen molar-refractivity contribution in [3.05, 3.63) is 71.3 Å². The van der Waals surface area contributed by atoms with Crippen molar-refractivity contribution in [3.63, 3.8) is 0 Å². The number of rotatable bonds is 6. The molecule has 148 valence electrons. The minimum atomic E-state index is -3.88. The van der Waals surface area contributed by atoms with Gasteiger partial charge in [0.2, 0.25) is 0 Å². The first-order valence-corrected chi connectivity index (χ1v) is 10.4. The van der Waals surface area contributed by atoms with Crippen molar-refractivity contribution in [2.24, 2.45) is 0 Å². The highest BCUT2D eigenvalue weighted by molar-refractivity contribution is 7.92. The second kappa shape index (κ2) is 7.69. The lowest BCUT2D eigenvalue weighted by molar-refractivity contribution is 0.301. The molecule has 0 radical (unpaired) electrons. The van der Waals surface area contributed by atoms with Crippen molar-refractivity contribution in [1.82, 2.24) is 15.1 Å². The molecule has 1 aromatic carbocycles. The first kappa shape index (κ1) is 19.2. The Morgan fingerprint density at radius 3 is 2.79 bits per heavy atom. The summed E-state index contributed by atoms with van der Waals surface area (Å²) in [6.07, 6.45) is 2.88. The number of anilines is 1. The van der Waals surface area contributed by atoms with E-state index in [2.05, 4.69) is 19.8 Å². The van der Waals surface area contributed by atoms with Crippen LogP contribution in [0.5, 0.6) is 5.75 Å². The molecule has 0 aliphatic rings. The summed E-state index contributed by atoms with van der Waals surface area (Å²) in [7, 11) is -3.88. The van der Waals surface area contributed by atoms with E-state index in [0.717, 1.165) is 5.69 Å². The fourth-order valence-electron chi connectivity index (χ4n) is 2.60. The number of fused-ring (bicyclic) bond motifs is 1. The molecule has 0 fully saturated rings. The largest absolute Gasteiger partial charge is 0.486 e. The van der Waals surface area contributed by atoms with Crippen LogP contribution in [-0.4, -0.2) is 23.5 Å². The van der Waals surface area contributed by atoms with E-state index in [1.807, 2.05) is 18.2 Å². The van der Waals surface area contributed by atoms with Gasteiger partial charge in [-0.2, -0.15) is 0 Å². The zero-order chi connectivity index (χ0) is 20.4. The number of aromatic nitrogens is 3. The van der Waals surface area contributed by atoms with Gasteiger partial charge in [-0.1, -0.05) is 22.8 Å². The van der Waals surface area contributed by atoms with Gasteiger partial charge in [-0.05, 0) is 43.3 Å². The summed E-state index contributed by atoms with van der Waals surface area (Å²) in [5.74, 6) is 0.420. The summed E-state index contributed by atoms with van der Waals surface area (Å²) in [6, 6.07) is 11.6. The molecule has 0 saturated carbocycles. The predicted octanol–water partition coefficient (Wildman–Crippen LogP) is 3.96. The molecule has 0 aliphatic heterocycles. The van der Waals surface area contributed by atoms with Crippen molar-refractivity contribution in [2.75, 3.05) is 4.72 Å². The van der Waals surface area contributed by atoms with Gasteiger partial charge in [0.15, 0.2) is 0 Å². The lowest BCUT2D eigenvalue weighted by Gasteiger charge is -2.11. The van der Waals surface area contributed by atoms with Crippen LogP contribution in [0.1, 0.15) is 11.4 Å². The maximum Gasteiger partial charge on any atom is 0.263 e. The van der Waals surface area contributed by atoms with Crippen molar-refractivity contribution >= 4 is 38.4 Å². The third-order valence-electron chi connectivity index (χ3n) is 4.08. The van der Waals surface area contributed by atoms with Crippen LogP contribution in [0.15, 0.2) is 64.3 Å². The molecule has 1 N–H and O–H groups in total. The topological polar surface area (TPSA) is 107 Å². The molecule has 0 bridgehead atoms. The third kappa shape index (κ3) is 4.15. The van der Waals surface area contributed by atoms with Gasteiger partial charge in [0.25, 0.3) is 15.7 Å². The van der Waals surface area contributed by atoms with E-state index in [1.54, 1.807) is 25.3 Å². The molecule has 4 rings (SSSR count). The van der Waals surface area contributed by atoms with Gasteiger partial charge >= 0.3 is 0 Å². The second-order valence-corrected chi connectivity index (χ2v) is 8.24. The van der Waals surface area contributed by atoms with Crippen LogP contribution in [-0.2, 0) is 16.6 Å². The molecule has 0 saturated heterocycles. The Bertz CT molecular complexity index is 1280. The Hall–Kier alpha value is -3.17. The molecule has 29 heavy (non-hydrogen) atoms. The zero-order valence-corrected chi connectivity index (χ0v) is 16.7. The molecule has 0 atom stereocenters. The SMILES string of the molecule is Cc1noc2ncc(S(=O)(=O)Nc3ccc(OCc4ccccn4)c(Cl)c3)cc12. The van der Waals surface area contributed by atoms with Crippen LogP contribution in [0, 0.1) is 6.92 Å². The summed E-state index contributed by atoms with van der Waals surface area (Å²) < 4.78 is 38.5. The van der Waals surface area contributed by atoms with E-state index in [0.29, 0.717) is 22.5 Å². The highest BCUT2D eigenvalue weighted by Crippen LogP contribution is 2.29. The number of halogens is 1. The first-order chi connectivity index (χ1) is 13.9. The van der Waals surface area contributed by atoms with Gasteiger partial charge in [-0.3, -0.25) is 9.71 Å². The maximum atomic E-state index is 12.7. The van der Waals surface area contributed by atoms with Crippen LogP contribution in [0.4, 0.5) is 5.69 Å². The number of pyridine rings is 2. The number of sulfonamides is 1. The molecule has 4 aromatic rings. The molecule has 0 amide bonds. The number of hydrogen-bond acceptors (Lipinski definition) is 7. The maximum absolute atomic E-state index is 12.7. The summed E-state index contributed by atoms with van der Waals surface area (Å²) in [5, 5.41) is 4.57. The number of nitrogens with one attached hydrogen (secondary N) is 1. The molecule has 8 nitrogen and oxygen atoms in total. The van der Waals surface area contributed by atoms with Crippen LogP contribution in [0.25, 0.3) is 11.1 Å². The van der Waals surface area contributed by atoms with Gasteiger partial charge in [-0.25, -0.2) is 13.4 Å². The van der Waals surface area contributed by atoms with E-state index < -0.39 is 10.0 Å². The number of ether oxygens (including phenoxy) is 1. The first-order valence-electron chi connectivity index (χ1n) is 8.49. The summed E-state index contributed by atoms with van der Waals surface area (Å²) in [5.41, 5.74) is 1.88.